The molecule has 1 atom stereocenters. The number of ketones is 1. The number of anilines is 1. The Labute approximate surface area is 141 Å². The number of rotatable bonds is 6. The maximum atomic E-state index is 12.9. The molecule has 0 radical (unpaired) electrons. The number of nitrogens with one attached hydrogen (secondary N) is 2. The van der Waals surface area contributed by atoms with Gasteiger partial charge in [0.05, 0.1) is 18.8 Å². The number of benzene rings is 2. The minimum absolute atomic E-state index is 0.0133. The molecule has 1 unspecified atom stereocenters. The lowest BCUT2D eigenvalue weighted by Gasteiger charge is -2.26. The lowest BCUT2D eigenvalue weighted by molar-refractivity contribution is 0.0990. The fourth-order valence-electron chi connectivity index (χ4n) is 2.64. The van der Waals surface area contributed by atoms with Crippen LogP contribution in [-0.4, -0.2) is 25.0 Å². The lowest BCUT2D eigenvalue weighted by atomic mass is 10.1. The van der Waals surface area contributed by atoms with Crippen molar-refractivity contribution in [3.05, 3.63) is 59.4 Å². The van der Waals surface area contributed by atoms with Crippen LogP contribution in [0.2, 0.25) is 0 Å². The summed E-state index contributed by atoms with van der Waals surface area (Å²) in [6.45, 7) is 3.59. The summed E-state index contributed by atoms with van der Waals surface area (Å²) >= 11 is 0. The summed E-state index contributed by atoms with van der Waals surface area (Å²) in [5.74, 6) is 0.548. The van der Waals surface area contributed by atoms with Gasteiger partial charge in [-0.15, -0.1) is 0 Å². The molecule has 0 saturated heterocycles. The zero-order valence-corrected chi connectivity index (χ0v) is 13.6. The van der Waals surface area contributed by atoms with Crippen LogP contribution in [0.5, 0.6) is 5.75 Å². The summed E-state index contributed by atoms with van der Waals surface area (Å²) in [5, 5.41) is 6.40. The average molecular weight is 328 g/mol. The van der Waals surface area contributed by atoms with Crippen molar-refractivity contribution in [2.45, 2.75) is 26.0 Å². The van der Waals surface area contributed by atoms with E-state index in [9.17, 15) is 9.18 Å². The highest BCUT2D eigenvalue weighted by Crippen LogP contribution is 2.30. The van der Waals surface area contributed by atoms with Gasteiger partial charge in [-0.1, -0.05) is 19.1 Å². The highest BCUT2D eigenvalue weighted by Gasteiger charge is 2.19. The van der Waals surface area contributed by atoms with Crippen LogP contribution >= 0.6 is 0 Å². The van der Waals surface area contributed by atoms with E-state index in [1.807, 2.05) is 12.1 Å². The average Bonchev–Trinajstić information content (AvgIpc) is 2.62. The topological polar surface area (TPSA) is 50.4 Å². The first-order chi connectivity index (χ1) is 11.7. The van der Waals surface area contributed by atoms with Gasteiger partial charge in [0.15, 0.2) is 5.78 Å². The van der Waals surface area contributed by atoms with E-state index in [4.69, 9.17) is 4.74 Å². The van der Waals surface area contributed by atoms with E-state index in [1.165, 1.54) is 12.1 Å². The van der Waals surface area contributed by atoms with E-state index in [2.05, 4.69) is 17.6 Å². The molecule has 0 aliphatic carbocycles. The van der Waals surface area contributed by atoms with E-state index in [0.717, 1.165) is 30.0 Å². The summed E-state index contributed by atoms with van der Waals surface area (Å²) in [4.78, 5) is 12.3. The van der Waals surface area contributed by atoms with Gasteiger partial charge in [-0.25, -0.2) is 4.39 Å². The standard InChI is InChI=1S/C19H21FN2O2/c1-2-16-11-22-17-9-14(5-8-19(17)24-16)18(23)12-21-10-13-3-6-15(20)7-4-13/h3-9,16,21-22H,2,10-12H2,1H3. The number of hydrogen-bond donors (Lipinski definition) is 2. The molecule has 0 fully saturated rings. The van der Waals surface area contributed by atoms with Crippen LogP contribution in [0.25, 0.3) is 0 Å². The van der Waals surface area contributed by atoms with Crippen molar-refractivity contribution >= 4 is 11.5 Å². The molecule has 0 amide bonds. The molecule has 3 rings (SSSR count). The Balaban J connectivity index is 1.56. The smallest absolute Gasteiger partial charge is 0.176 e. The Bertz CT molecular complexity index is 716. The van der Waals surface area contributed by atoms with Crippen LogP contribution < -0.4 is 15.4 Å². The Hall–Kier alpha value is -2.40. The SMILES string of the molecule is CCC1CNc2cc(C(=O)CNCc3ccc(F)cc3)ccc2O1. The van der Waals surface area contributed by atoms with Crippen molar-refractivity contribution in [1.29, 1.82) is 0 Å². The molecule has 0 spiro atoms. The Morgan fingerprint density at radius 2 is 2.08 bits per heavy atom. The van der Waals surface area contributed by atoms with Gasteiger partial charge in [-0.05, 0) is 42.3 Å². The van der Waals surface area contributed by atoms with E-state index in [0.29, 0.717) is 12.1 Å². The molecule has 0 aromatic heterocycles. The van der Waals surface area contributed by atoms with Crippen LogP contribution in [0.4, 0.5) is 10.1 Å². The van der Waals surface area contributed by atoms with E-state index >= 15 is 0 Å². The predicted octanol–water partition coefficient (Wildman–Crippen LogP) is 3.38. The van der Waals surface area contributed by atoms with Crippen LogP contribution in [0.3, 0.4) is 0 Å². The van der Waals surface area contributed by atoms with Gasteiger partial charge >= 0.3 is 0 Å². The largest absolute Gasteiger partial charge is 0.486 e. The van der Waals surface area contributed by atoms with E-state index in [1.54, 1.807) is 18.2 Å². The van der Waals surface area contributed by atoms with E-state index in [-0.39, 0.29) is 24.2 Å². The third kappa shape index (κ3) is 3.92. The van der Waals surface area contributed by atoms with Crippen LogP contribution in [0, 0.1) is 5.82 Å². The lowest BCUT2D eigenvalue weighted by Crippen LogP contribution is -2.30. The zero-order valence-electron chi connectivity index (χ0n) is 13.6. The van der Waals surface area contributed by atoms with Crippen LogP contribution in [-0.2, 0) is 6.54 Å². The van der Waals surface area contributed by atoms with Gasteiger partial charge in [0.1, 0.15) is 17.7 Å². The Morgan fingerprint density at radius 3 is 2.83 bits per heavy atom. The minimum atomic E-state index is -0.260. The second-order valence-corrected chi connectivity index (χ2v) is 5.89. The third-order valence-electron chi connectivity index (χ3n) is 4.10. The highest BCUT2D eigenvalue weighted by molar-refractivity contribution is 5.98. The number of carbonyl (C=O) groups is 1. The van der Waals surface area contributed by atoms with Gasteiger partial charge < -0.3 is 15.4 Å². The number of fused-ring (bicyclic) bond motifs is 1. The van der Waals surface area contributed by atoms with Gasteiger partial charge in [0.25, 0.3) is 0 Å². The monoisotopic (exact) mass is 328 g/mol. The van der Waals surface area contributed by atoms with Gasteiger partial charge in [0, 0.05) is 12.1 Å². The zero-order chi connectivity index (χ0) is 16.9. The van der Waals surface area contributed by atoms with Crippen molar-refractivity contribution in [3.63, 3.8) is 0 Å². The summed E-state index contributed by atoms with van der Waals surface area (Å²) in [6.07, 6.45) is 1.12. The molecule has 1 aliphatic rings. The minimum Gasteiger partial charge on any atom is -0.486 e. The number of halogens is 1. The fraction of sp³-hybridized carbons (Fsp3) is 0.316. The summed E-state index contributed by atoms with van der Waals surface area (Å²) in [7, 11) is 0. The molecular weight excluding hydrogens is 307 g/mol. The van der Waals surface area contributed by atoms with Crippen LogP contribution in [0.15, 0.2) is 42.5 Å². The van der Waals surface area contributed by atoms with Crippen molar-refractivity contribution < 1.29 is 13.9 Å². The summed E-state index contributed by atoms with van der Waals surface area (Å²) in [5.41, 5.74) is 2.45. The second-order valence-electron chi connectivity index (χ2n) is 5.89. The fourth-order valence-corrected chi connectivity index (χ4v) is 2.64. The molecule has 1 aliphatic heterocycles. The maximum absolute atomic E-state index is 12.9. The molecule has 0 saturated carbocycles. The van der Waals surface area contributed by atoms with Gasteiger partial charge in [-0.2, -0.15) is 0 Å². The molecule has 0 bridgehead atoms. The maximum Gasteiger partial charge on any atom is 0.176 e. The molecule has 126 valence electrons. The number of Topliss-reactive ketones (excluding diaryl/α,β-unsaturated/α-hetero) is 1. The first-order valence-corrected chi connectivity index (χ1v) is 8.18. The third-order valence-corrected chi connectivity index (χ3v) is 4.10. The first-order valence-electron chi connectivity index (χ1n) is 8.18. The van der Waals surface area contributed by atoms with Crippen LogP contribution in [0.1, 0.15) is 29.3 Å². The molecule has 2 aromatic rings. The number of ether oxygens (including phenoxy) is 1. The molecule has 5 heteroatoms. The van der Waals surface area contributed by atoms with Crippen molar-refractivity contribution in [2.24, 2.45) is 0 Å². The number of carbonyl (C=O) groups excluding carboxylic acids is 1. The van der Waals surface area contributed by atoms with Crippen molar-refractivity contribution in [3.8, 4) is 5.75 Å². The van der Waals surface area contributed by atoms with Gasteiger partial charge in [0.2, 0.25) is 0 Å². The molecule has 2 aromatic carbocycles. The molecular formula is C19H21FN2O2. The Kier molecular flexibility index (Phi) is 5.11. The first kappa shape index (κ1) is 16.5. The Morgan fingerprint density at radius 1 is 1.29 bits per heavy atom. The van der Waals surface area contributed by atoms with E-state index < -0.39 is 0 Å². The molecule has 4 nitrogen and oxygen atoms in total. The summed E-state index contributed by atoms with van der Waals surface area (Å²) < 4.78 is 18.7. The quantitative estimate of drug-likeness (QED) is 0.798. The molecule has 1 heterocycles. The normalized spacial score (nSPS) is 16.0. The van der Waals surface area contributed by atoms with Crippen molar-refractivity contribution in [2.75, 3.05) is 18.4 Å². The molecule has 24 heavy (non-hydrogen) atoms. The highest BCUT2D eigenvalue weighted by atomic mass is 19.1. The number of hydrogen-bond acceptors (Lipinski definition) is 4. The molecule has 2 N–H and O–H groups in total. The second kappa shape index (κ2) is 7.45. The predicted molar refractivity (Wildman–Crippen MR) is 92.1 cm³/mol. The van der Waals surface area contributed by atoms with Crippen molar-refractivity contribution in [1.82, 2.24) is 5.32 Å². The summed E-state index contributed by atoms with van der Waals surface area (Å²) in [6, 6.07) is 11.7. The van der Waals surface area contributed by atoms with Gasteiger partial charge in [-0.3, -0.25) is 4.79 Å².